The molecular formula is C8H10N4O2. The van der Waals surface area contributed by atoms with E-state index in [1.165, 1.54) is 4.68 Å². The zero-order chi connectivity index (χ0) is 10.9. The SMILES string of the molecule is Cc1c([N+](=O)[O-])cnn1C(C)(C)C#N. The molecule has 0 spiro atoms. The smallest absolute Gasteiger partial charge is 0.258 e. The fourth-order valence-corrected chi connectivity index (χ4v) is 1.19. The predicted molar refractivity (Wildman–Crippen MR) is 48.6 cm³/mol. The van der Waals surface area contributed by atoms with Crippen molar-refractivity contribution in [2.24, 2.45) is 0 Å². The molecule has 1 rings (SSSR count). The van der Waals surface area contributed by atoms with E-state index in [1.807, 2.05) is 6.07 Å². The summed E-state index contributed by atoms with van der Waals surface area (Å²) in [5, 5.41) is 23.2. The Kier molecular flexibility index (Phi) is 2.26. The first kappa shape index (κ1) is 10.2. The second-order valence-corrected chi connectivity index (χ2v) is 3.45. The Morgan fingerprint density at radius 2 is 2.29 bits per heavy atom. The summed E-state index contributed by atoms with van der Waals surface area (Å²) in [5.74, 6) is 0. The molecule has 14 heavy (non-hydrogen) atoms. The third-order valence-electron chi connectivity index (χ3n) is 1.98. The second-order valence-electron chi connectivity index (χ2n) is 3.45. The van der Waals surface area contributed by atoms with Crippen LogP contribution in [0.3, 0.4) is 0 Å². The number of nitrogens with zero attached hydrogens (tertiary/aromatic N) is 4. The molecule has 0 amide bonds. The summed E-state index contributed by atoms with van der Waals surface area (Å²) in [4.78, 5) is 10.0. The third kappa shape index (κ3) is 1.44. The van der Waals surface area contributed by atoms with Gasteiger partial charge in [0.25, 0.3) is 0 Å². The summed E-state index contributed by atoms with van der Waals surface area (Å²) in [6.45, 7) is 4.87. The zero-order valence-corrected chi connectivity index (χ0v) is 8.18. The molecule has 1 aromatic heterocycles. The van der Waals surface area contributed by atoms with Crippen molar-refractivity contribution in [1.29, 1.82) is 5.26 Å². The summed E-state index contributed by atoms with van der Waals surface area (Å²) in [6, 6.07) is 2.03. The minimum Gasteiger partial charge on any atom is -0.258 e. The van der Waals surface area contributed by atoms with E-state index in [-0.39, 0.29) is 5.69 Å². The normalized spacial score (nSPS) is 11.0. The molecule has 1 aromatic rings. The number of nitro groups is 1. The number of hydrogen-bond donors (Lipinski definition) is 0. The van der Waals surface area contributed by atoms with Crippen molar-refractivity contribution < 1.29 is 4.92 Å². The van der Waals surface area contributed by atoms with Crippen LogP contribution in [0.5, 0.6) is 0 Å². The van der Waals surface area contributed by atoms with E-state index in [0.29, 0.717) is 5.69 Å². The van der Waals surface area contributed by atoms with Gasteiger partial charge in [0, 0.05) is 0 Å². The molecular weight excluding hydrogens is 184 g/mol. The molecule has 0 radical (unpaired) electrons. The van der Waals surface area contributed by atoms with Gasteiger partial charge in [0.1, 0.15) is 17.4 Å². The summed E-state index contributed by atoms with van der Waals surface area (Å²) in [5.41, 5.74) is -0.534. The van der Waals surface area contributed by atoms with Crippen molar-refractivity contribution in [3.63, 3.8) is 0 Å². The van der Waals surface area contributed by atoms with Gasteiger partial charge in [-0.1, -0.05) is 0 Å². The van der Waals surface area contributed by atoms with Gasteiger partial charge in [0.05, 0.1) is 11.0 Å². The molecule has 6 nitrogen and oxygen atoms in total. The lowest BCUT2D eigenvalue weighted by atomic mass is 10.1. The highest BCUT2D eigenvalue weighted by Gasteiger charge is 2.27. The number of nitriles is 1. The van der Waals surface area contributed by atoms with Crippen LogP contribution in [0.25, 0.3) is 0 Å². The van der Waals surface area contributed by atoms with Crippen LogP contribution in [0.15, 0.2) is 6.20 Å². The van der Waals surface area contributed by atoms with Crippen molar-refractivity contribution in [1.82, 2.24) is 9.78 Å². The van der Waals surface area contributed by atoms with E-state index in [2.05, 4.69) is 5.10 Å². The summed E-state index contributed by atoms with van der Waals surface area (Å²) in [6.07, 6.45) is 1.16. The van der Waals surface area contributed by atoms with Crippen LogP contribution in [0.1, 0.15) is 19.5 Å². The highest BCUT2D eigenvalue weighted by Crippen LogP contribution is 2.22. The molecule has 0 fully saturated rings. The van der Waals surface area contributed by atoms with Gasteiger partial charge in [-0.3, -0.25) is 10.1 Å². The Morgan fingerprint density at radius 1 is 1.71 bits per heavy atom. The molecule has 0 atom stereocenters. The molecule has 0 bridgehead atoms. The Bertz CT molecular complexity index is 413. The molecule has 6 heteroatoms. The van der Waals surface area contributed by atoms with E-state index >= 15 is 0 Å². The van der Waals surface area contributed by atoms with Gasteiger partial charge in [0.15, 0.2) is 0 Å². The fraction of sp³-hybridized carbons (Fsp3) is 0.500. The number of hydrogen-bond acceptors (Lipinski definition) is 4. The fourth-order valence-electron chi connectivity index (χ4n) is 1.19. The van der Waals surface area contributed by atoms with E-state index in [4.69, 9.17) is 5.26 Å². The average molecular weight is 194 g/mol. The maximum absolute atomic E-state index is 10.5. The van der Waals surface area contributed by atoms with Crippen LogP contribution >= 0.6 is 0 Å². The predicted octanol–water partition coefficient (Wildman–Crippen LogP) is 1.36. The minimum atomic E-state index is -0.863. The number of rotatable bonds is 2. The zero-order valence-electron chi connectivity index (χ0n) is 8.18. The van der Waals surface area contributed by atoms with Crippen LogP contribution < -0.4 is 0 Å². The monoisotopic (exact) mass is 194 g/mol. The van der Waals surface area contributed by atoms with Gasteiger partial charge in [-0.25, -0.2) is 4.68 Å². The lowest BCUT2D eigenvalue weighted by Gasteiger charge is -2.16. The highest BCUT2D eigenvalue weighted by atomic mass is 16.6. The van der Waals surface area contributed by atoms with Crippen LogP contribution in [-0.2, 0) is 5.54 Å². The first-order valence-corrected chi connectivity index (χ1v) is 4.01. The molecule has 0 aliphatic rings. The molecule has 0 aliphatic heterocycles. The summed E-state index contributed by atoms with van der Waals surface area (Å²) in [7, 11) is 0. The highest BCUT2D eigenvalue weighted by molar-refractivity contribution is 5.33. The molecule has 0 saturated carbocycles. The van der Waals surface area contributed by atoms with Crippen molar-refractivity contribution in [3.05, 3.63) is 22.0 Å². The summed E-state index contributed by atoms with van der Waals surface area (Å²) >= 11 is 0. The van der Waals surface area contributed by atoms with Gasteiger partial charge < -0.3 is 0 Å². The van der Waals surface area contributed by atoms with Gasteiger partial charge in [-0.15, -0.1) is 0 Å². The molecule has 0 unspecified atom stereocenters. The van der Waals surface area contributed by atoms with Crippen molar-refractivity contribution in [2.75, 3.05) is 0 Å². The first-order valence-electron chi connectivity index (χ1n) is 4.01. The molecule has 0 N–H and O–H groups in total. The average Bonchev–Trinajstić information content (AvgIpc) is 2.47. The molecule has 0 aromatic carbocycles. The van der Waals surface area contributed by atoms with E-state index in [0.717, 1.165) is 6.20 Å². The maximum Gasteiger partial charge on any atom is 0.309 e. The quantitative estimate of drug-likeness (QED) is 0.525. The topological polar surface area (TPSA) is 84.8 Å². The maximum atomic E-state index is 10.5. The van der Waals surface area contributed by atoms with Crippen LogP contribution in [-0.4, -0.2) is 14.7 Å². The van der Waals surface area contributed by atoms with Crippen LogP contribution in [0.4, 0.5) is 5.69 Å². The van der Waals surface area contributed by atoms with E-state index in [9.17, 15) is 10.1 Å². The number of aromatic nitrogens is 2. The van der Waals surface area contributed by atoms with Gasteiger partial charge in [-0.2, -0.15) is 10.4 Å². The third-order valence-corrected chi connectivity index (χ3v) is 1.98. The van der Waals surface area contributed by atoms with Crippen molar-refractivity contribution in [3.8, 4) is 6.07 Å². The molecule has 0 saturated heterocycles. The Hall–Kier alpha value is -1.90. The lowest BCUT2D eigenvalue weighted by Crippen LogP contribution is -2.26. The molecule has 74 valence electrons. The Balaban J connectivity index is 3.28. The van der Waals surface area contributed by atoms with E-state index in [1.54, 1.807) is 20.8 Å². The van der Waals surface area contributed by atoms with Crippen molar-refractivity contribution >= 4 is 5.69 Å². The standard InChI is InChI=1S/C8H10N4O2/c1-6-7(12(13)14)4-10-11(6)8(2,3)5-9/h4H,1-3H3. The van der Waals surface area contributed by atoms with Crippen LogP contribution in [0.2, 0.25) is 0 Å². The first-order chi connectivity index (χ1) is 6.40. The summed E-state index contributed by atoms with van der Waals surface area (Å²) < 4.78 is 1.35. The van der Waals surface area contributed by atoms with Gasteiger partial charge in [0.2, 0.25) is 0 Å². The molecule has 1 heterocycles. The molecule has 0 aliphatic carbocycles. The Morgan fingerprint density at radius 3 is 2.64 bits per heavy atom. The lowest BCUT2D eigenvalue weighted by molar-refractivity contribution is -0.385. The van der Waals surface area contributed by atoms with Gasteiger partial charge in [-0.05, 0) is 20.8 Å². The largest absolute Gasteiger partial charge is 0.309 e. The van der Waals surface area contributed by atoms with Gasteiger partial charge >= 0.3 is 5.69 Å². The minimum absolute atomic E-state index is 0.0617. The van der Waals surface area contributed by atoms with Crippen molar-refractivity contribution in [2.45, 2.75) is 26.3 Å². The van der Waals surface area contributed by atoms with Crippen LogP contribution in [0, 0.1) is 28.4 Å². The Labute approximate surface area is 80.9 Å². The second kappa shape index (κ2) is 3.10. The van der Waals surface area contributed by atoms with E-state index < -0.39 is 10.5 Å².